The molecule has 5 nitrogen and oxygen atoms in total. The largest absolute Gasteiger partial charge is 0.480 e. The van der Waals surface area contributed by atoms with Crippen molar-refractivity contribution in [3.63, 3.8) is 0 Å². The van der Waals surface area contributed by atoms with E-state index in [1.165, 1.54) is 0 Å². The van der Waals surface area contributed by atoms with Crippen molar-refractivity contribution in [1.29, 1.82) is 0 Å². The number of carbonyl (C=O) groups is 2. The number of rotatable bonds is 3. The first kappa shape index (κ1) is 14.8. The molecule has 3 N–H and O–H groups in total. The first-order chi connectivity index (χ1) is 9.52. The Balaban J connectivity index is 2.01. The van der Waals surface area contributed by atoms with Gasteiger partial charge in [-0.1, -0.05) is 35.2 Å². The number of benzene rings is 1. The number of urea groups is 1. The molecule has 0 radical (unpaired) electrons. The zero-order chi connectivity index (χ0) is 14.6. The third kappa shape index (κ3) is 3.50. The molecule has 0 spiro atoms. The summed E-state index contributed by atoms with van der Waals surface area (Å²) in [5, 5.41) is 14.7. The monoisotopic (exact) mass is 340 g/mol. The van der Waals surface area contributed by atoms with E-state index in [1.807, 2.05) is 12.1 Å². The zero-order valence-electron chi connectivity index (χ0n) is 11.0. The van der Waals surface area contributed by atoms with Gasteiger partial charge in [0.1, 0.15) is 5.54 Å². The molecular weight excluding hydrogens is 324 g/mol. The van der Waals surface area contributed by atoms with Gasteiger partial charge in [-0.25, -0.2) is 9.59 Å². The van der Waals surface area contributed by atoms with E-state index < -0.39 is 17.5 Å². The molecule has 1 aromatic carbocycles. The van der Waals surface area contributed by atoms with Crippen molar-refractivity contribution < 1.29 is 14.7 Å². The van der Waals surface area contributed by atoms with Crippen LogP contribution >= 0.6 is 15.9 Å². The smallest absolute Gasteiger partial charge is 0.329 e. The molecule has 0 aromatic heterocycles. The Kier molecular flexibility index (Phi) is 4.65. The lowest BCUT2D eigenvalue weighted by atomic mass is 9.82. The standard InChI is InChI=1S/C14H17BrN2O3/c15-10-4-6-11(7-5-10)16-13(20)17-14(12(18)19)8-2-1-3-9-14/h4-7H,1-3,8-9H2,(H,18,19)(H2,16,17,20). The Hall–Kier alpha value is -1.56. The highest BCUT2D eigenvalue weighted by Gasteiger charge is 2.40. The van der Waals surface area contributed by atoms with Crippen LogP contribution in [0.5, 0.6) is 0 Å². The quantitative estimate of drug-likeness (QED) is 0.789. The van der Waals surface area contributed by atoms with E-state index in [0.29, 0.717) is 18.5 Å². The van der Waals surface area contributed by atoms with E-state index in [-0.39, 0.29) is 0 Å². The van der Waals surface area contributed by atoms with Gasteiger partial charge in [-0.15, -0.1) is 0 Å². The molecular formula is C14H17BrN2O3. The maximum Gasteiger partial charge on any atom is 0.329 e. The Bertz CT molecular complexity index is 496. The van der Waals surface area contributed by atoms with Crippen LogP contribution in [-0.2, 0) is 4.79 Å². The maximum atomic E-state index is 12.0. The highest BCUT2D eigenvalue weighted by molar-refractivity contribution is 9.10. The lowest BCUT2D eigenvalue weighted by Gasteiger charge is -2.33. The minimum absolute atomic E-state index is 0.475. The number of halogens is 1. The first-order valence-corrected chi connectivity index (χ1v) is 7.39. The van der Waals surface area contributed by atoms with Gasteiger partial charge in [0.25, 0.3) is 0 Å². The van der Waals surface area contributed by atoms with Crippen LogP contribution in [0.2, 0.25) is 0 Å². The summed E-state index contributed by atoms with van der Waals surface area (Å²) in [6.45, 7) is 0. The van der Waals surface area contributed by atoms with Crippen LogP contribution in [0.25, 0.3) is 0 Å². The number of carbonyl (C=O) groups excluding carboxylic acids is 1. The highest BCUT2D eigenvalue weighted by atomic mass is 79.9. The van der Waals surface area contributed by atoms with Gasteiger partial charge in [0.15, 0.2) is 0 Å². The van der Waals surface area contributed by atoms with Crippen molar-refractivity contribution in [2.24, 2.45) is 0 Å². The van der Waals surface area contributed by atoms with Crippen LogP contribution in [0.1, 0.15) is 32.1 Å². The van der Waals surface area contributed by atoms with Gasteiger partial charge in [-0.2, -0.15) is 0 Å². The molecule has 0 atom stereocenters. The van der Waals surface area contributed by atoms with Crippen LogP contribution in [0, 0.1) is 0 Å². The van der Waals surface area contributed by atoms with Gasteiger partial charge < -0.3 is 15.7 Å². The van der Waals surface area contributed by atoms with Gasteiger partial charge in [0.05, 0.1) is 0 Å². The summed E-state index contributed by atoms with van der Waals surface area (Å²) in [5.41, 5.74) is -0.500. The van der Waals surface area contributed by atoms with Crippen LogP contribution in [0.15, 0.2) is 28.7 Å². The van der Waals surface area contributed by atoms with Crippen LogP contribution in [0.3, 0.4) is 0 Å². The molecule has 0 heterocycles. The molecule has 1 aliphatic carbocycles. The van der Waals surface area contributed by atoms with Crippen molar-refractivity contribution in [2.75, 3.05) is 5.32 Å². The Morgan fingerprint density at radius 2 is 1.70 bits per heavy atom. The second-order valence-electron chi connectivity index (χ2n) is 5.03. The van der Waals surface area contributed by atoms with E-state index >= 15 is 0 Å². The van der Waals surface area contributed by atoms with E-state index in [9.17, 15) is 14.7 Å². The number of amides is 2. The second kappa shape index (κ2) is 6.26. The van der Waals surface area contributed by atoms with E-state index in [4.69, 9.17) is 0 Å². The number of nitrogens with one attached hydrogen (secondary N) is 2. The molecule has 0 aliphatic heterocycles. The summed E-state index contributed by atoms with van der Waals surface area (Å²) in [6.07, 6.45) is 3.63. The number of hydrogen-bond acceptors (Lipinski definition) is 2. The Morgan fingerprint density at radius 3 is 2.25 bits per heavy atom. The summed E-state index contributed by atoms with van der Waals surface area (Å²) >= 11 is 3.31. The summed E-state index contributed by atoms with van der Waals surface area (Å²) < 4.78 is 0.915. The Labute approximate surface area is 125 Å². The minimum Gasteiger partial charge on any atom is -0.480 e. The van der Waals surface area contributed by atoms with Gasteiger partial charge >= 0.3 is 12.0 Å². The fourth-order valence-electron chi connectivity index (χ4n) is 2.46. The molecule has 1 aromatic rings. The predicted octanol–water partition coefficient (Wildman–Crippen LogP) is 3.36. The molecule has 1 fully saturated rings. The molecule has 0 saturated heterocycles. The van der Waals surface area contributed by atoms with E-state index in [1.54, 1.807) is 12.1 Å². The normalized spacial score (nSPS) is 17.2. The van der Waals surface area contributed by atoms with Crippen LogP contribution in [0.4, 0.5) is 10.5 Å². The van der Waals surface area contributed by atoms with Gasteiger partial charge in [0, 0.05) is 10.2 Å². The number of carboxylic acids is 1. The average molecular weight is 341 g/mol. The molecule has 2 rings (SSSR count). The average Bonchev–Trinajstić information content (AvgIpc) is 2.42. The number of hydrogen-bond donors (Lipinski definition) is 3. The van der Waals surface area contributed by atoms with E-state index in [0.717, 1.165) is 23.7 Å². The molecule has 20 heavy (non-hydrogen) atoms. The van der Waals surface area contributed by atoms with Crippen LogP contribution in [-0.4, -0.2) is 22.6 Å². The third-order valence-corrected chi connectivity index (χ3v) is 4.10. The first-order valence-electron chi connectivity index (χ1n) is 6.60. The second-order valence-corrected chi connectivity index (χ2v) is 5.95. The van der Waals surface area contributed by atoms with Crippen molar-refractivity contribution in [3.8, 4) is 0 Å². The molecule has 0 bridgehead atoms. The van der Waals surface area contributed by atoms with E-state index in [2.05, 4.69) is 26.6 Å². The van der Waals surface area contributed by atoms with Gasteiger partial charge in [-0.05, 0) is 37.1 Å². The SMILES string of the molecule is O=C(Nc1ccc(Br)cc1)NC1(C(=O)O)CCCCC1. The van der Waals surface area contributed by atoms with Crippen molar-refractivity contribution in [2.45, 2.75) is 37.6 Å². The van der Waals surface area contributed by atoms with Gasteiger partial charge in [0.2, 0.25) is 0 Å². The summed E-state index contributed by atoms with van der Waals surface area (Å²) in [4.78, 5) is 23.4. The molecule has 1 saturated carbocycles. The number of aliphatic carboxylic acids is 1. The van der Waals surface area contributed by atoms with Crippen molar-refractivity contribution in [3.05, 3.63) is 28.7 Å². The molecule has 6 heteroatoms. The highest BCUT2D eigenvalue weighted by Crippen LogP contribution is 2.28. The molecule has 108 valence electrons. The molecule has 1 aliphatic rings. The van der Waals surface area contributed by atoms with Crippen molar-refractivity contribution >= 4 is 33.6 Å². The predicted molar refractivity (Wildman–Crippen MR) is 79.7 cm³/mol. The lowest BCUT2D eigenvalue weighted by Crippen LogP contribution is -2.56. The van der Waals surface area contributed by atoms with Gasteiger partial charge in [-0.3, -0.25) is 0 Å². The Morgan fingerprint density at radius 1 is 1.10 bits per heavy atom. The summed E-state index contributed by atoms with van der Waals surface area (Å²) in [7, 11) is 0. The fraction of sp³-hybridized carbons (Fsp3) is 0.429. The van der Waals surface area contributed by atoms with Crippen molar-refractivity contribution in [1.82, 2.24) is 5.32 Å². The molecule has 0 unspecified atom stereocenters. The number of carboxylic acid groups (broad SMARTS) is 1. The molecule has 2 amide bonds. The topological polar surface area (TPSA) is 78.4 Å². The third-order valence-electron chi connectivity index (χ3n) is 3.57. The maximum absolute atomic E-state index is 12.0. The number of anilines is 1. The lowest BCUT2D eigenvalue weighted by molar-refractivity contribution is -0.145. The van der Waals surface area contributed by atoms with Crippen LogP contribution < -0.4 is 10.6 Å². The summed E-state index contributed by atoms with van der Waals surface area (Å²) in [5.74, 6) is -0.955. The minimum atomic E-state index is -1.13. The fourth-order valence-corrected chi connectivity index (χ4v) is 2.72. The summed E-state index contributed by atoms with van der Waals surface area (Å²) in [6, 6.07) is 6.64. The zero-order valence-corrected chi connectivity index (χ0v) is 12.6.